The molecule has 0 spiro atoms. The van der Waals surface area contributed by atoms with E-state index in [2.05, 4.69) is 41.6 Å². The second-order valence-corrected chi connectivity index (χ2v) is 12.3. The molecule has 3 saturated carbocycles. The van der Waals surface area contributed by atoms with E-state index in [1.807, 2.05) is 31.3 Å². The lowest BCUT2D eigenvalue weighted by Crippen LogP contribution is -2.54. The van der Waals surface area contributed by atoms with Crippen molar-refractivity contribution in [2.45, 2.75) is 63.8 Å². The van der Waals surface area contributed by atoms with E-state index in [0.717, 1.165) is 55.5 Å². The molecule has 1 aromatic heterocycles. The molecule has 2 bridgehead atoms. The fraction of sp³-hybridized carbons (Fsp3) is 0.567. The molecule has 37 heavy (non-hydrogen) atoms. The lowest BCUT2D eigenvalue weighted by molar-refractivity contribution is -0.128. The number of amides is 1. The van der Waals surface area contributed by atoms with Gasteiger partial charge in [0, 0.05) is 47.5 Å². The number of fused-ring (bicyclic) bond motifs is 2. The summed E-state index contributed by atoms with van der Waals surface area (Å²) < 4.78 is 0. The number of rotatable bonds is 7. The number of hydrogen-bond donors (Lipinski definition) is 3. The predicted molar refractivity (Wildman–Crippen MR) is 149 cm³/mol. The van der Waals surface area contributed by atoms with Gasteiger partial charge in [0.1, 0.15) is 6.29 Å². The van der Waals surface area contributed by atoms with Gasteiger partial charge < -0.3 is 21.2 Å². The zero-order chi connectivity index (χ0) is 26.6. The summed E-state index contributed by atoms with van der Waals surface area (Å²) in [4.78, 5) is 28.5. The molecule has 6 atom stereocenters. The highest BCUT2D eigenvalue weighted by Gasteiger charge is 2.49. The van der Waals surface area contributed by atoms with E-state index in [9.17, 15) is 9.59 Å². The van der Waals surface area contributed by atoms with Crippen molar-refractivity contribution in [3.63, 3.8) is 0 Å². The SMILES string of the molecule is CC1CC2CC(CC(C)(C=O)C2)C1C(N)C(=O)NCC1(c2ccc(Cl)cc2)CC1.CNc1ccncc1. The van der Waals surface area contributed by atoms with Gasteiger partial charge in [-0.25, -0.2) is 0 Å². The summed E-state index contributed by atoms with van der Waals surface area (Å²) in [6, 6.07) is 11.3. The number of pyridine rings is 1. The minimum absolute atomic E-state index is 0.0319. The minimum Gasteiger partial charge on any atom is -0.388 e. The van der Waals surface area contributed by atoms with Crippen molar-refractivity contribution >= 4 is 29.5 Å². The molecule has 6 unspecified atom stereocenters. The second kappa shape index (κ2) is 11.5. The van der Waals surface area contributed by atoms with Crippen molar-refractivity contribution in [2.24, 2.45) is 34.8 Å². The first-order chi connectivity index (χ1) is 17.7. The van der Waals surface area contributed by atoms with Crippen LogP contribution >= 0.6 is 11.6 Å². The number of hydrogen-bond acceptors (Lipinski definition) is 5. The van der Waals surface area contributed by atoms with Crippen LogP contribution in [0.25, 0.3) is 0 Å². The van der Waals surface area contributed by atoms with Gasteiger partial charge in [-0.1, -0.05) is 37.6 Å². The summed E-state index contributed by atoms with van der Waals surface area (Å²) in [5.41, 5.74) is 8.65. The Morgan fingerprint density at radius 1 is 1.16 bits per heavy atom. The Hall–Kier alpha value is -2.44. The fourth-order valence-corrected chi connectivity index (χ4v) is 7.02. The highest BCUT2D eigenvalue weighted by atomic mass is 35.5. The van der Waals surface area contributed by atoms with Crippen molar-refractivity contribution in [3.8, 4) is 0 Å². The number of carbonyl (C=O) groups excluding carboxylic acids is 2. The topological polar surface area (TPSA) is 97.1 Å². The van der Waals surface area contributed by atoms with E-state index in [4.69, 9.17) is 17.3 Å². The molecule has 1 aromatic carbocycles. The van der Waals surface area contributed by atoms with Crippen LogP contribution in [0.1, 0.15) is 57.9 Å². The second-order valence-electron chi connectivity index (χ2n) is 11.8. The van der Waals surface area contributed by atoms with E-state index < -0.39 is 6.04 Å². The number of aromatic nitrogens is 1. The minimum atomic E-state index is -0.508. The van der Waals surface area contributed by atoms with Crippen LogP contribution in [-0.4, -0.2) is 36.8 Å². The molecule has 3 fully saturated rings. The van der Waals surface area contributed by atoms with Crippen molar-refractivity contribution in [1.82, 2.24) is 10.3 Å². The van der Waals surface area contributed by atoms with E-state index in [-0.39, 0.29) is 22.7 Å². The molecule has 6 nitrogen and oxygen atoms in total. The summed E-state index contributed by atoms with van der Waals surface area (Å²) in [6.07, 6.45) is 10.8. The average molecular weight is 525 g/mol. The van der Waals surface area contributed by atoms with E-state index in [1.54, 1.807) is 12.4 Å². The van der Waals surface area contributed by atoms with Crippen molar-refractivity contribution < 1.29 is 9.59 Å². The van der Waals surface area contributed by atoms with Crippen LogP contribution in [-0.2, 0) is 15.0 Å². The first kappa shape index (κ1) is 27.6. The predicted octanol–water partition coefficient (Wildman–Crippen LogP) is 5.22. The van der Waals surface area contributed by atoms with Crippen LogP contribution in [0, 0.1) is 29.1 Å². The standard InChI is InChI=1S/C24H33ClN2O2.C6H8N2/c1-15-9-16-10-17(12-23(2,11-16)14-28)20(15)21(26)22(29)27-13-24(7-8-24)18-3-5-19(25)6-4-18;1-7-6-2-4-8-5-3-6/h3-6,14-17,20-21H,7-13,26H2,1-2H3,(H,27,29);2-5H,1H3,(H,7,8). The zero-order valence-electron chi connectivity index (χ0n) is 22.3. The molecule has 200 valence electrons. The molecule has 4 N–H and O–H groups in total. The molecular weight excluding hydrogens is 484 g/mol. The van der Waals surface area contributed by atoms with E-state index in [1.165, 1.54) is 5.56 Å². The molecule has 3 aliphatic carbocycles. The average Bonchev–Trinajstić information content (AvgIpc) is 3.69. The molecule has 2 aromatic rings. The molecule has 1 heterocycles. The molecule has 0 radical (unpaired) electrons. The summed E-state index contributed by atoms with van der Waals surface area (Å²) >= 11 is 6.02. The summed E-state index contributed by atoms with van der Waals surface area (Å²) in [7, 11) is 1.88. The lowest BCUT2D eigenvalue weighted by atomic mass is 9.55. The van der Waals surface area contributed by atoms with Gasteiger partial charge in [0.2, 0.25) is 5.91 Å². The molecule has 1 amide bonds. The maximum atomic E-state index is 13.0. The smallest absolute Gasteiger partial charge is 0.237 e. The van der Waals surface area contributed by atoms with E-state index in [0.29, 0.717) is 24.3 Å². The number of nitrogens with zero attached hydrogens (tertiary/aromatic N) is 1. The maximum absolute atomic E-state index is 13.0. The van der Waals surface area contributed by atoms with Gasteiger partial charge in [-0.3, -0.25) is 9.78 Å². The van der Waals surface area contributed by atoms with Crippen molar-refractivity contribution in [1.29, 1.82) is 0 Å². The summed E-state index contributed by atoms with van der Waals surface area (Å²) in [5, 5.41) is 6.88. The number of nitrogens with one attached hydrogen (secondary N) is 2. The molecule has 3 aliphatic rings. The highest BCUT2D eigenvalue weighted by Crippen LogP contribution is 2.53. The van der Waals surface area contributed by atoms with Gasteiger partial charge in [0.05, 0.1) is 6.04 Å². The molecular formula is C30H41ClN4O2. The van der Waals surface area contributed by atoms with Gasteiger partial charge >= 0.3 is 0 Å². The third-order valence-corrected chi connectivity index (χ3v) is 9.16. The van der Waals surface area contributed by atoms with Crippen molar-refractivity contribution in [2.75, 3.05) is 18.9 Å². The molecule has 5 rings (SSSR count). The van der Waals surface area contributed by atoms with E-state index >= 15 is 0 Å². The fourth-order valence-electron chi connectivity index (χ4n) is 6.89. The first-order valence-corrected chi connectivity index (χ1v) is 13.9. The normalized spacial score (nSPS) is 30.2. The van der Waals surface area contributed by atoms with Crippen LogP contribution in [0.2, 0.25) is 5.02 Å². The summed E-state index contributed by atoms with van der Waals surface area (Å²) in [6.45, 7) is 4.93. The number of anilines is 1. The van der Waals surface area contributed by atoms with Crippen LogP contribution in [0.4, 0.5) is 5.69 Å². The van der Waals surface area contributed by atoms with Gasteiger partial charge in [0.25, 0.3) is 0 Å². The van der Waals surface area contributed by atoms with Gasteiger partial charge in [-0.2, -0.15) is 0 Å². The molecule has 7 heteroatoms. The largest absolute Gasteiger partial charge is 0.388 e. The monoisotopic (exact) mass is 524 g/mol. The maximum Gasteiger partial charge on any atom is 0.237 e. The zero-order valence-corrected chi connectivity index (χ0v) is 23.0. The third kappa shape index (κ3) is 6.53. The van der Waals surface area contributed by atoms with Crippen molar-refractivity contribution in [3.05, 3.63) is 59.4 Å². The number of benzene rings is 1. The molecule has 0 saturated heterocycles. The number of carbonyl (C=O) groups is 2. The first-order valence-electron chi connectivity index (χ1n) is 13.5. The number of nitrogens with two attached hydrogens (primary N) is 1. The lowest BCUT2D eigenvalue weighted by Gasteiger charge is -2.50. The van der Waals surface area contributed by atoms with Crippen LogP contribution in [0.15, 0.2) is 48.8 Å². The van der Waals surface area contributed by atoms with Crippen LogP contribution in [0.3, 0.4) is 0 Å². The number of halogens is 1. The van der Waals surface area contributed by atoms with Crippen LogP contribution < -0.4 is 16.4 Å². The Morgan fingerprint density at radius 3 is 2.41 bits per heavy atom. The Balaban J connectivity index is 0.000000342. The number of aldehydes is 1. The Bertz CT molecular complexity index is 1060. The summed E-state index contributed by atoms with van der Waals surface area (Å²) in [5.74, 6) is 1.47. The van der Waals surface area contributed by atoms with Crippen LogP contribution in [0.5, 0.6) is 0 Å². The Kier molecular flexibility index (Phi) is 8.59. The molecule has 0 aliphatic heterocycles. The van der Waals surface area contributed by atoms with Gasteiger partial charge in [0.15, 0.2) is 0 Å². The Labute approximate surface area is 226 Å². The van der Waals surface area contributed by atoms with Gasteiger partial charge in [-0.15, -0.1) is 0 Å². The Morgan fingerprint density at radius 2 is 1.84 bits per heavy atom. The third-order valence-electron chi connectivity index (χ3n) is 8.91. The van der Waals surface area contributed by atoms with Gasteiger partial charge in [-0.05, 0) is 92.0 Å². The highest BCUT2D eigenvalue weighted by molar-refractivity contribution is 6.30. The quantitative estimate of drug-likeness (QED) is 0.432.